The minimum Gasteiger partial charge on any atom is -0.398 e. The van der Waals surface area contributed by atoms with Gasteiger partial charge in [0.05, 0.1) is 4.88 Å². The Bertz CT molecular complexity index is 425. The number of thiophene rings is 1. The molecule has 0 aromatic carbocycles. The van der Waals surface area contributed by atoms with E-state index in [-0.39, 0.29) is 0 Å². The first-order valence-corrected chi connectivity index (χ1v) is 5.39. The summed E-state index contributed by atoms with van der Waals surface area (Å²) in [7, 11) is 0. The van der Waals surface area contributed by atoms with Crippen LogP contribution in [0.15, 0.2) is 34.4 Å². The molecule has 0 bridgehead atoms. The number of pyridine rings is 1. The van der Waals surface area contributed by atoms with Crippen LogP contribution in [0.3, 0.4) is 0 Å². The number of anilines is 1. The van der Waals surface area contributed by atoms with E-state index in [0.717, 1.165) is 20.6 Å². The molecule has 2 N–H and O–H groups in total. The molecule has 2 aromatic rings. The fourth-order valence-electron chi connectivity index (χ4n) is 1.08. The van der Waals surface area contributed by atoms with Crippen LogP contribution < -0.4 is 5.73 Å². The molecule has 0 atom stereocenters. The molecule has 66 valence electrons. The molecule has 0 radical (unpaired) electrons. The number of hydrogen-bond donors (Lipinski definition) is 1. The Morgan fingerprint density at radius 1 is 1.38 bits per heavy atom. The van der Waals surface area contributed by atoms with Crippen molar-refractivity contribution in [2.24, 2.45) is 0 Å². The Balaban J connectivity index is 2.59. The summed E-state index contributed by atoms with van der Waals surface area (Å²) in [6, 6.07) is 3.81. The number of aromatic nitrogens is 1. The second kappa shape index (κ2) is 3.47. The molecule has 0 aliphatic carbocycles. The molecule has 0 amide bonds. The SMILES string of the molecule is Nc1ccncc1-c1sccc1Br. The molecule has 13 heavy (non-hydrogen) atoms. The maximum absolute atomic E-state index is 5.83. The molecular weight excluding hydrogens is 248 g/mol. The van der Waals surface area contributed by atoms with Crippen LogP contribution in [0.2, 0.25) is 0 Å². The predicted molar refractivity (Wildman–Crippen MR) is 59.7 cm³/mol. The van der Waals surface area contributed by atoms with Crippen LogP contribution in [0.5, 0.6) is 0 Å². The van der Waals surface area contributed by atoms with E-state index in [0.29, 0.717) is 0 Å². The molecule has 2 aromatic heterocycles. The lowest BCUT2D eigenvalue weighted by molar-refractivity contribution is 1.34. The van der Waals surface area contributed by atoms with Crippen LogP contribution in [0, 0.1) is 0 Å². The molecule has 4 heteroatoms. The van der Waals surface area contributed by atoms with Gasteiger partial charge in [0.15, 0.2) is 0 Å². The zero-order chi connectivity index (χ0) is 9.26. The zero-order valence-corrected chi connectivity index (χ0v) is 9.10. The molecule has 0 fully saturated rings. The summed E-state index contributed by atoms with van der Waals surface area (Å²) in [5, 5.41) is 2.02. The highest BCUT2D eigenvalue weighted by molar-refractivity contribution is 9.10. The van der Waals surface area contributed by atoms with E-state index in [1.54, 1.807) is 23.7 Å². The van der Waals surface area contributed by atoms with E-state index >= 15 is 0 Å². The number of rotatable bonds is 1. The Labute approximate surface area is 88.6 Å². The fourth-order valence-corrected chi connectivity index (χ4v) is 2.70. The van der Waals surface area contributed by atoms with Gasteiger partial charge in [-0.2, -0.15) is 0 Å². The molecule has 0 aliphatic rings. The van der Waals surface area contributed by atoms with Crippen molar-refractivity contribution in [3.63, 3.8) is 0 Å². The van der Waals surface area contributed by atoms with Crippen molar-refractivity contribution in [3.05, 3.63) is 34.4 Å². The van der Waals surface area contributed by atoms with Crippen LogP contribution in [-0.2, 0) is 0 Å². The highest BCUT2D eigenvalue weighted by Gasteiger charge is 2.07. The normalized spacial score (nSPS) is 10.2. The van der Waals surface area contributed by atoms with E-state index in [2.05, 4.69) is 20.9 Å². The van der Waals surface area contributed by atoms with Crippen molar-refractivity contribution in [3.8, 4) is 10.4 Å². The third kappa shape index (κ3) is 1.59. The van der Waals surface area contributed by atoms with E-state index in [9.17, 15) is 0 Å². The summed E-state index contributed by atoms with van der Waals surface area (Å²) >= 11 is 5.11. The van der Waals surface area contributed by atoms with E-state index in [4.69, 9.17) is 5.73 Å². The lowest BCUT2D eigenvalue weighted by Crippen LogP contribution is -1.89. The van der Waals surface area contributed by atoms with Gasteiger partial charge >= 0.3 is 0 Å². The Morgan fingerprint density at radius 2 is 2.23 bits per heavy atom. The number of halogens is 1. The van der Waals surface area contributed by atoms with Gasteiger partial charge in [0, 0.05) is 28.1 Å². The minimum absolute atomic E-state index is 0.762. The van der Waals surface area contributed by atoms with Crippen LogP contribution in [0.1, 0.15) is 0 Å². The smallest absolute Gasteiger partial charge is 0.0521 e. The highest BCUT2D eigenvalue weighted by Crippen LogP contribution is 2.35. The summed E-state index contributed by atoms with van der Waals surface area (Å²) in [5.41, 5.74) is 7.58. The van der Waals surface area contributed by atoms with Crippen molar-refractivity contribution >= 4 is 33.0 Å². The van der Waals surface area contributed by atoms with Gasteiger partial charge in [0.2, 0.25) is 0 Å². The van der Waals surface area contributed by atoms with Crippen LogP contribution in [0.4, 0.5) is 5.69 Å². The molecule has 2 nitrogen and oxygen atoms in total. The standard InChI is InChI=1S/C9H7BrN2S/c10-7-2-4-13-9(7)6-5-12-3-1-8(6)11/h1-5H,(H2,11,12). The molecule has 0 aliphatic heterocycles. The van der Waals surface area contributed by atoms with Crippen molar-refractivity contribution in [2.75, 3.05) is 5.73 Å². The van der Waals surface area contributed by atoms with Crippen LogP contribution in [-0.4, -0.2) is 4.98 Å². The molecule has 2 heterocycles. The number of nitrogens with two attached hydrogens (primary N) is 1. The van der Waals surface area contributed by atoms with Crippen molar-refractivity contribution in [2.45, 2.75) is 0 Å². The average Bonchev–Trinajstić information content (AvgIpc) is 2.52. The van der Waals surface area contributed by atoms with Crippen molar-refractivity contribution in [1.82, 2.24) is 4.98 Å². The van der Waals surface area contributed by atoms with Gasteiger partial charge in [-0.15, -0.1) is 11.3 Å². The lowest BCUT2D eigenvalue weighted by atomic mass is 10.2. The van der Waals surface area contributed by atoms with Crippen LogP contribution in [0.25, 0.3) is 10.4 Å². The second-order valence-electron chi connectivity index (χ2n) is 2.56. The van der Waals surface area contributed by atoms with Crippen molar-refractivity contribution in [1.29, 1.82) is 0 Å². The monoisotopic (exact) mass is 254 g/mol. The van der Waals surface area contributed by atoms with E-state index in [1.165, 1.54) is 0 Å². The summed E-state index contributed by atoms with van der Waals surface area (Å²) in [6.07, 6.45) is 3.48. The average molecular weight is 255 g/mol. The maximum atomic E-state index is 5.83. The summed E-state index contributed by atoms with van der Waals surface area (Å²) in [4.78, 5) is 5.18. The topological polar surface area (TPSA) is 38.9 Å². The number of nitrogens with zero attached hydrogens (tertiary/aromatic N) is 1. The lowest BCUT2D eigenvalue weighted by Gasteiger charge is -2.01. The summed E-state index contributed by atoms with van der Waals surface area (Å²) in [5.74, 6) is 0. The van der Waals surface area contributed by atoms with Gasteiger partial charge in [-0.25, -0.2) is 0 Å². The largest absolute Gasteiger partial charge is 0.398 e. The molecular formula is C9H7BrN2S. The Kier molecular flexibility index (Phi) is 2.33. The molecule has 0 saturated carbocycles. The third-order valence-corrected chi connectivity index (χ3v) is 3.59. The van der Waals surface area contributed by atoms with Gasteiger partial charge in [0.25, 0.3) is 0 Å². The van der Waals surface area contributed by atoms with E-state index in [1.807, 2.05) is 17.5 Å². The second-order valence-corrected chi connectivity index (χ2v) is 4.33. The summed E-state index contributed by atoms with van der Waals surface area (Å²) in [6.45, 7) is 0. The maximum Gasteiger partial charge on any atom is 0.0521 e. The van der Waals surface area contributed by atoms with Gasteiger partial charge in [-0.1, -0.05) is 0 Å². The Morgan fingerprint density at radius 3 is 2.85 bits per heavy atom. The minimum atomic E-state index is 0.762. The predicted octanol–water partition coefficient (Wildman–Crippen LogP) is 3.15. The van der Waals surface area contributed by atoms with Crippen molar-refractivity contribution < 1.29 is 0 Å². The van der Waals surface area contributed by atoms with Crippen LogP contribution >= 0.6 is 27.3 Å². The molecule has 0 spiro atoms. The molecule has 2 rings (SSSR count). The summed E-state index contributed by atoms with van der Waals surface area (Å²) < 4.78 is 1.07. The first-order valence-electron chi connectivity index (χ1n) is 3.72. The van der Waals surface area contributed by atoms with Gasteiger partial charge < -0.3 is 5.73 Å². The third-order valence-electron chi connectivity index (χ3n) is 1.72. The van der Waals surface area contributed by atoms with Gasteiger partial charge in [0.1, 0.15) is 0 Å². The Hall–Kier alpha value is -0.870. The molecule has 0 saturated heterocycles. The van der Waals surface area contributed by atoms with Gasteiger partial charge in [-0.05, 0) is 33.4 Å². The number of hydrogen-bond acceptors (Lipinski definition) is 3. The van der Waals surface area contributed by atoms with Gasteiger partial charge in [-0.3, -0.25) is 4.98 Å². The zero-order valence-electron chi connectivity index (χ0n) is 6.70. The first kappa shape index (κ1) is 8.72. The quantitative estimate of drug-likeness (QED) is 0.850. The molecule has 0 unspecified atom stereocenters. The number of nitrogen functional groups attached to an aromatic ring is 1. The van der Waals surface area contributed by atoms with E-state index < -0.39 is 0 Å². The fraction of sp³-hybridized carbons (Fsp3) is 0. The first-order chi connectivity index (χ1) is 6.29. The highest BCUT2D eigenvalue weighted by atomic mass is 79.9.